The quantitative estimate of drug-likeness (QED) is 0.165. The van der Waals surface area contributed by atoms with Crippen molar-refractivity contribution < 1.29 is 9.15 Å². The summed E-state index contributed by atoms with van der Waals surface area (Å²) in [6, 6.07) is 67.1. The first kappa shape index (κ1) is 40.8. The van der Waals surface area contributed by atoms with Gasteiger partial charge >= 0.3 is 0 Å². The Balaban J connectivity index is 1.06. The molecule has 0 saturated carbocycles. The van der Waals surface area contributed by atoms with Gasteiger partial charge in [0.2, 0.25) is 0 Å². The molecule has 2 aliphatic heterocycles. The van der Waals surface area contributed by atoms with Crippen molar-refractivity contribution in [1.82, 2.24) is 9.13 Å². The van der Waals surface area contributed by atoms with E-state index in [1.165, 1.54) is 86.2 Å². The largest absolute Gasteiger partial charge is 0.457 e. The molecule has 340 valence electrons. The van der Waals surface area contributed by atoms with Gasteiger partial charge in [-0.2, -0.15) is 0 Å². The zero-order chi connectivity index (χ0) is 47.7. The molecule has 0 fully saturated rings. The highest BCUT2D eigenvalue weighted by molar-refractivity contribution is 7.33. The lowest BCUT2D eigenvalue weighted by molar-refractivity contribution is 0.482. The van der Waals surface area contributed by atoms with Crippen molar-refractivity contribution in [3.05, 3.63) is 193 Å². The third kappa shape index (κ3) is 5.81. The third-order valence-corrected chi connectivity index (χ3v) is 16.7. The first-order chi connectivity index (χ1) is 34.5. The van der Waals surface area contributed by atoms with E-state index < -0.39 is 0 Å². The predicted molar refractivity (Wildman–Crippen MR) is 301 cm³/mol. The lowest BCUT2D eigenvalue weighted by Gasteiger charge is -2.39. The van der Waals surface area contributed by atoms with E-state index in [1.807, 2.05) is 29.5 Å². The number of rotatable bonds is 4. The normalized spacial score (nSPS) is 13.4. The van der Waals surface area contributed by atoms with Gasteiger partial charge in [-0.15, -0.1) is 11.3 Å². The molecule has 71 heavy (non-hydrogen) atoms. The number of nitrogens with zero attached hydrogens (tertiary/aromatic N) is 3. The molecular formula is C64H48BN3O2S. The van der Waals surface area contributed by atoms with Crippen LogP contribution in [0.3, 0.4) is 0 Å². The lowest BCUT2D eigenvalue weighted by Crippen LogP contribution is -2.59. The number of thiophene rings is 1. The summed E-state index contributed by atoms with van der Waals surface area (Å²) in [7, 11) is 0. The summed E-state index contributed by atoms with van der Waals surface area (Å²) >= 11 is 1.95. The Morgan fingerprint density at radius 2 is 1.15 bits per heavy atom. The Morgan fingerprint density at radius 3 is 1.97 bits per heavy atom. The molecule has 15 rings (SSSR count). The number of ether oxygens (including phenoxy) is 1. The Labute approximate surface area is 415 Å². The molecule has 0 aliphatic carbocycles. The molecule has 4 aromatic heterocycles. The molecule has 0 N–H and O–H groups in total. The van der Waals surface area contributed by atoms with Gasteiger partial charge in [-0.3, -0.25) is 0 Å². The second-order valence-electron chi connectivity index (χ2n) is 21.7. The van der Waals surface area contributed by atoms with Crippen LogP contribution in [0.25, 0.3) is 87.0 Å². The fourth-order valence-electron chi connectivity index (χ4n) is 12.0. The maximum absolute atomic E-state index is 7.18. The van der Waals surface area contributed by atoms with Crippen LogP contribution in [0, 0.1) is 0 Å². The van der Waals surface area contributed by atoms with Crippen molar-refractivity contribution in [3.63, 3.8) is 0 Å². The number of furan rings is 1. The second-order valence-corrected chi connectivity index (χ2v) is 22.8. The minimum absolute atomic E-state index is 0.00341. The van der Waals surface area contributed by atoms with Gasteiger partial charge in [0.05, 0.1) is 22.2 Å². The third-order valence-electron chi connectivity index (χ3n) is 15.4. The monoisotopic (exact) mass is 933 g/mol. The predicted octanol–water partition coefficient (Wildman–Crippen LogP) is 16.0. The zero-order valence-corrected chi connectivity index (χ0v) is 41.3. The molecule has 0 radical (unpaired) electrons. The van der Waals surface area contributed by atoms with Crippen LogP contribution >= 0.6 is 11.3 Å². The summed E-state index contributed by atoms with van der Waals surface area (Å²) in [6.45, 7) is 13.8. The molecule has 0 amide bonds. The van der Waals surface area contributed by atoms with Gasteiger partial charge in [0.25, 0.3) is 6.71 Å². The van der Waals surface area contributed by atoms with Crippen LogP contribution in [0.2, 0.25) is 0 Å². The molecule has 5 nitrogen and oxygen atoms in total. The zero-order valence-electron chi connectivity index (χ0n) is 40.5. The van der Waals surface area contributed by atoms with Gasteiger partial charge in [-0.05, 0) is 106 Å². The van der Waals surface area contributed by atoms with Crippen LogP contribution in [-0.4, -0.2) is 15.8 Å². The topological polar surface area (TPSA) is 35.5 Å². The summed E-state index contributed by atoms with van der Waals surface area (Å²) in [5.41, 5.74) is 17.4. The summed E-state index contributed by atoms with van der Waals surface area (Å²) in [5.74, 6) is 1.48. The highest BCUT2D eigenvalue weighted by Crippen LogP contribution is 2.49. The highest BCUT2D eigenvalue weighted by Gasteiger charge is 2.45. The lowest BCUT2D eigenvalue weighted by atomic mass is 9.36. The summed E-state index contributed by atoms with van der Waals surface area (Å²) in [5, 5.41) is 8.43. The van der Waals surface area contributed by atoms with Crippen LogP contribution in [0.4, 0.5) is 17.1 Å². The number of benzene rings is 9. The Hall–Kier alpha value is -8.00. The van der Waals surface area contributed by atoms with Gasteiger partial charge in [0.15, 0.2) is 0 Å². The van der Waals surface area contributed by atoms with Crippen molar-refractivity contribution in [2.45, 2.75) is 52.4 Å². The average Bonchev–Trinajstić information content (AvgIpc) is 4.12. The van der Waals surface area contributed by atoms with Gasteiger partial charge in [-0.25, -0.2) is 0 Å². The Bertz CT molecular complexity index is 4410. The van der Waals surface area contributed by atoms with E-state index in [0.717, 1.165) is 56.2 Å². The van der Waals surface area contributed by atoms with Crippen LogP contribution in [0.1, 0.15) is 52.7 Å². The van der Waals surface area contributed by atoms with E-state index in [2.05, 4.69) is 219 Å². The van der Waals surface area contributed by atoms with Gasteiger partial charge < -0.3 is 23.2 Å². The number of para-hydroxylation sites is 4. The molecule has 13 aromatic rings. The first-order valence-electron chi connectivity index (χ1n) is 24.8. The molecule has 9 aromatic carbocycles. The van der Waals surface area contributed by atoms with E-state index in [1.54, 1.807) is 0 Å². The molecule has 2 aliphatic rings. The van der Waals surface area contributed by atoms with E-state index >= 15 is 0 Å². The molecule has 0 atom stereocenters. The van der Waals surface area contributed by atoms with Crippen molar-refractivity contribution in [2.24, 2.45) is 0 Å². The van der Waals surface area contributed by atoms with Gasteiger partial charge in [0, 0.05) is 93.6 Å². The first-order valence-corrected chi connectivity index (χ1v) is 25.6. The number of fused-ring (bicyclic) bond motifs is 15. The highest BCUT2D eigenvalue weighted by atomic mass is 32.1. The van der Waals surface area contributed by atoms with Crippen LogP contribution in [-0.2, 0) is 10.8 Å². The van der Waals surface area contributed by atoms with E-state index in [4.69, 9.17) is 9.15 Å². The number of hydrogen-bond donors (Lipinski definition) is 0. The smallest absolute Gasteiger partial charge is 0.264 e. The number of hydrogen-bond acceptors (Lipinski definition) is 4. The van der Waals surface area contributed by atoms with Gasteiger partial charge in [0.1, 0.15) is 22.7 Å². The van der Waals surface area contributed by atoms with E-state index in [-0.39, 0.29) is 17.5 Å². The summed E-state index contributed by atoms with van der Waals surface area (Å²) < 4.78 is 21.2. The van der Waals surface area contributed by atoms with E-state index in [9.17, 15) is 0 Å². The maximum Gasteiger partial charge on any atom is 0.264 e. The minimum Gasteiger partial charge on any atom is -0.457 e. The second kappa shape index (κ2) is 14.3. The maximum atomic E-state index is 7.18. The molecule has 0 spiro atoms. The fourth-order valence-corrected chi connectivity index (χ4v) is 13.3. The van der Waals surface area contributed by atoms with Crippen molar-refractivity contribution >= 4 is 126 Å². The Kier molecular flexibility index (Phi) is 8.23. The van der Waals surface area contributed by atoms with Gasteiger partial charge in [-0.1, -0.05) is 133 Å². The molecule has 0 unspecified atom stereocenters. The molecular weight excluding hydrogens is 886 g/mol. The standard InChI is InChI=1S/C64H48BN3O2S/c1-63(2,3)37-23-26-40(27-24-37)67-54-32-42(69-41-28-29-45-44-18-11-13-22-56(44)70-57(45)34-41)33-55-59(54)65(62-61(67)49-31-38(64(4,5)6)25-30-58(49)71-62)50-20-14-19-46-48-35-47-43-17-10-12-21-51(43)66(39-15-8-7-9-16-39)52(47)36-53(48)68(55)60(46)50/h7-36H,1-6H3. The van der Waals surface area contributed by atoms with Crippen LogP contribution in [0.15, 0.2) is 186 Å². The van der Waals surface area contributed by atoms with Crippen molar-refractivity contribution in [2.75, 3.05) is 4.90 Å². The number of aromatic nitrogens is 2. The fraction of sp³-hybridized carbons (Fsp3) is 0.125. The Morgan fingerprint density at radius 1 is 0.465 bits per heavy atom. The van der Waals surface area contributed by atoms with E-state index in [0.29, 0.717) is 0 Å². The van der Waals surface area contributed by atoms with Crippen LogP contribution in [0.5, 0.6) is 11.5 Å². The van der Waals surface area contributed by atoms with Crippen molar-refractivity contribution in [3.8, 4) is 22.9 Å². The molecule has 0 saturated heterocycles. The minimum atomic E-state index is -0.0296. The van der Waals surface area contributed by atoms with Crippen LogP contribution < -0.4 is 25.3 Å². The SMILES string of the molecule is CC(C)(C)c1ccc(N2c3cc(Oc4ccc5c(c4)oc4ccccc45)cc4c3B(c3sc5ccc(C(C)(C)C)cc5c32)c2cccc3c5cc6c7ccccc7n(-c7ccccc7)c6cc5n-4c23)cc1. The number of anilines is 3. The van der Waals surface area contributed by atoms with Crippen molar-refractivity contribution in [1.29, 1.82) is 0 Å². The summed E-state index contributed by atoms with van der Waals surface area (Å²) in [6.07, 6.45) is 0. The molecule has 0 bridgehead atoms. The molecule has 7 heteroatoms. The summed E-state index contributed by atoms with van der Waals surface area (Å²) in [4.78, 5) is 2.56. The molecule has 6 heterocycles. The average molecular weight is 934 g/mol.